The zero-order valence-electron chi connectivity index (χ0n) is 9.02. The largest absolute Gasteiger partial charge is 0.392 e. The highest BCUT2D eigenvalue weighted by molar-refractivity contribution is 14.1. The Hall–Kier alpha value is -0.140. The Labute approximate surface area is 103 Å². The summed E-state index contributed by atoms with van der Waals surface area (Å²) in [6.45, 7) is 6.68. The zero-order valence-corrected chi connectivity index (χ0v) is 11.2. The van der Waals surface area contributed by atoms with E-state index in [2.05, 4.69) is 44.2 Å². The lowest BCUT2D eigenvalue weighted by Crippen LogP contribution is -2.50. The van der Waals surface area contributed by atoms with Gasteiger partial charge < -0.3 is 5.11 Å². The summed E-state index contributed by atoms with van der Waals surface area (Å²) >= 11 is 2.34. The number of likely N-dealkylation sites (tertiary alicyclic amines) is 1. The first-order chi connectivity index (χ1) is 7.08. The number of hydrogen-bond donors (Lipinski definition) is 1. The molecule has 2 rings (SSSR count). The van der Waals surface area contributed by atoms with Gasteiger partial charge in [0.05, 0.1) is 18.3 Å². The van der Waals surface area contributed by atoms with E-state index in [1.165, 1.54) is 9.26 Å². The molecule has 1 atom stereocenters. The van der Waals surface area contributed by atoms with Crippen LogP contribution in [0.1, 0.15) is 18.5 Å². The Bertz CT molecular complexity index is 344. The average Bonchev–Trinajstić information content (AvgIpc) is 2.40. The fourth-order valence-corrected chi connectivity index (χ4v) is 2.57. The SMILES string of the molecule is Cc1cnn(C2CN(C[C@H](C)O)C2)c1I. The lowest BCUT2D eigenvalue weighted by molar-refractivity contribution is 0.0466. The van der Waals surface area contributed by atoms with Crippen molar-refractivity contribution in [2.45, 2.75) is 26.0 Å². The topological polar surface area (TPSA) is 41.3 Å². The van der Waals surface area contributed by atoms with Gasteiger partial charge in [-0.2, -0.15) is 5.10 Å². The van der Waals surface area contributed by atoms with E-state index in [9.17, 15) is 5.11 Å². The van der Waals surface area contributed by atoms with E-state index in [0.29, 0.717) is 6.04 Å². The van der Waals surface area contributed by atoms with E-state index in [4.69, 9.17) is 0 Å². The van der Waals surface area contributed by atoms with Crippen LogP contribution in [0.2, 0.25) is 0 Å². The van der Waals surface area contributed by atoms with Crippen molar-refractivity contribution >= 4 is 22.6 Å². The summed E-state index contributed by atoms with van der Waals surface area (Å²) in [7, 11) is 0. The number of halogens is 1. The van der Waals surface area contributed by atoms with Crippen LogP contribution in [0.5, 0.6) is 0 Å². The molecule has 0 spiro atoms. The predicted octanol–water partition coefficient (Wildman–Crippen LogP) is 1.03. The van der Waals surface area contributed by atoms with Gasteiger partial charge in [-0.25, -0.2) is 0 Å². The Morgan fingerprint density at radius 3 is 2.80 bits per heavy atom. The highest BCUT2D eigenvalue weighted by Crippen LogP contribution is 2.24. The van der Waals surface area contributed by atoms with Gasteiger partial charge in [0.25, 0.3) is 0 Å². The zero-order chi connectivity index (χ0) is 11.0. The fourth-order valence-electron chi connectivity index (χ4n) is 1.91. The molecule has 1 N–H and O–H groups in total. The molecule has 2 heterocycles. The Morgan fingerprint density at radius 2 is 2.33 bits per heavy atom. The molecule has 4 nitrogen and oxygen atoms in total. The van der Waals surface area contributed by atoms with E-state index in [1.807, 2.05) is 13.1 Å². The number of aliphatic hydroxyl groups is 1. The number of hydrogen-bond acceptors (Lipinski definition) is 3. The van der Waals surface area contributed by atoms with E-state index < -0.39 is 0 Å². The third kappa shape index (κ3) is 2.34. The van der Waals surface area contributed by atoms with Gasteiger partial charge in [0.1, 0.15) is 3.70 Å². The van der Waals surface area contributed by atoms with Crippen LogP contribution < -0.4 is 0 Å². The van der Waals surface area contributed by atoms with Crippen LogP contribution in [0, 0.1) is 10.6 Å². The molecule has 15 heavy (non-hydrogen) atoms. The van der Waals surface area contributed by atoms with E-state index in [-0.39, 0.29) is 6.10 Å². The molecule has 1 aromatic rings. The smallest absolute Gasteiger partial charge is 0.102 e. The summed E-state index contributed by atoms with van der Waals surface area (Å²) in [4.78, 5) is 2.25. The molecule has 5 heteroatoms. The van der Waals surface area contributed by atoms with E-state index >= 15 is 0 Å². The van der Waals surface area contributed by atoms with Crippen molar-refractivity contribution in [3.05, 3.63) is 15.5 Å². The van der Waals surface area contributed by atoms with Crippen molar-refractivity contribution in [2.75, 3.05) is 19.6 Å². The summed E-state index contributed by atoms with van der Waals surface area (Å²) in [6, 6.07) is 0.490. The normalized spacial score (nSPS) is 20.3. The number of aliphatic hydroxyl groups excluding tert-OH is 1. The standard InChI is InChI=1S/C10H16IN3O/c1-7-3-12-14(10(7)11)9-5-13(6-9)4-8(2)15/h3,8-9,15H,4-6H2,1-2H3/t8-/m0/s1. The Kier molecular flexibility index (Phi) is 3.32. The summed E-state index contributed by atoms with van der Waals surface area (Å²) in [5.74, 6) is 0. The van der Waals surface area contributed by atoms with Gasteiger partial charge in [-0.15, -0.1) is 0 Å². The van der Waals surface area contributed by atoms with Crippen LogP contribution in [0.25, 0.3) is 0 Å². The summed E-state index contributed by atoms with van der Waals surface area (Å²) in [5.41, 5.74) is 1.24. The monoisotopic (exact) mass is 321 g/mol. The number of nitrogens with zero attached hydrogens (tertiary/aromatic N) is 3. The maximum atomic E-state index is 9.24. The molecule has 1 saturated heterocycles. The molecule has 0 amide bonds. The molecule has 1 aromatic heterocycles. The van der Waals surface area contributed by atoms with Gasteiger partial charge in [0, 0.05) is 25.2 Å². The van der Waals surface area contributed by atoms with Crippen molar-refractivity contribution in [2.24, 2.45) is 0 Å². The first-order valence-electron chi connectivity index (χ1n) is 5.18. The molecule has 84 valence electrons. The molecule has 0 saturated carbocycles. The molecule has 0 aromatic carbocycles. The van der Waals surface area contributed by atoms with Gasteiger partial charge in [-0.3, -0.25) is 9.58 Å². The van der Waals surface area contributed by atoms with Crippen LogP contribution in [0.4, 0.5) is 0 Å². The number of rotatable bonds is 3. The quantitative estimate of drug-likeness (QED) is 0.846. The van der Waals surface area contributed by atoms with Crippen LogP contribution in [-0.2, 0) is 0 Å². The summed E-state index contributed by atoms with van der Waals surface area (Å²) in [6.07, 6.45) is 1.68. The van der Waals surface area contributed by atoms with Gasteiger partial charge in [-0.05, 0) is 36.4 Å². The van der Waals surface area contributed by atoms with Crippen LogP contribution in [-0.4, -0.2) is 45.5 Å². The summed E-state index contributed by atoms with van der Waals surface area (Å²) < 4.78 is 3.32. The van der Waals surface area contributed by atoms with Crippen LogP contribution in [0.3, 0.4) is 0 Å². The fraction of sp³-hybridized carbons (Fsp3) is 0.700. The maximum Gasteiger partial charge on any atom is 0.102 e. The van der Waals surface area contributed by atoms with Crippen molar-refractivity contribution in [1.82, 2.24) is 14.7 Å². The van der Waals surface area contributed by atoms with Gasteiger partial charge in [0.2, 0.25) is 0 Å². The van der Waals surface area contributed by atoms with Crippen LogP contribution >= 0.6 is 22.6 Å². The van der Waals surface area contributed by atoms with Crippen molar-refractivity contribution in [1.29, 1.82) is 0 Å². The van der Waals surface area contributed by atoms with E-state index in [1.54, 1.807) is 0 Å². The second-order valence-corrected chi connectivity index (χ2v) is 5.31. The third-order valence-electron chi connectivity index (χ3n) is 2.71. The molecule has 1 aliphatic heterocycles. The molecule has 1 fully saturated rings. The Morgan fingerprint density at radius 1 is 1.67 bits per heavy atom. The second-order valence-electron chi connectivity index (χ2n) is 4.28. The average molecular weight is 321 g/mol. The van der Waals surface area contributed by atoms with Gasteiger partial charge >= 0.3 is 0 Å². The first kappa shape index (κ1) is 11.3. The predicted molar refractivity (Wildman–Crippen MR) is 66.8 cm³/mol. The first-order valence-corrected chi connectivity index (χ1v) is 6.26. The molecule has 1 aliphatic rings. The van der Waals surface area contributed by atoms with Crippen molar-refractivity contribution < 1.29 is 5.11 Å². The van der Waals surface area contributed by atoms with Gasteiger partial charge in [0.15, 0.2) is 0 Å². The van der Waals surface area contributed by atoms with Crippen molar-refractivity contribution in [3.8, 4) is 0 Å². The third-order valence-corrected chi connectivity index (χ3v) is 4.05. The minimum atomic E-state index is -0.232. The highest BCUT2D eigenvalue weighted by atomic mass is 127. The van der Waals surface area contributed by atoms with Gasteiger partial charge in [-0.1, -0.05) is 0 Å². The van der Waals surface area contributed by atoms with Crippen LogP contribution in [0.15, 0.2) is 6.20 Å². The number of β-amino-alcohol motifs (C(OH)–C–C–N with tert-alkyl or cyclic N) is 1. The maximum absolute atomic E-state index is 9.24. The second kappa shape index (κ2) is 4.39. The van der Waals surface area contributed by atoms with E-state index in [0.717, 1.165) is 19.6 Å². The number of aryl methyl sites for hydroxylation is 1. The van der Waals surface area contributed by atoms with Crippen molar-refractivity contribution in [3.63, 3.8) is 0 Å². The minimum absolute atomic E-state index is 0.232. The highest BCUT2D eigenvalue weighted by Gasteiger charge is 2.30. The minimum Gasteiger partial charge on any atom is -0.392 e. The number of aromatic nitrogens is 2. The molecular formula is C10H16IN3O. The molecule has 0 radical (unpaired) electrons. The molecular weight excluding hydrogens is 305 g/mol. The Balaban J connectivity index is 1.92. The molecule has 0 aliphatic carbocycles. The lowest BCUT2D eigenvalue weighted by atomic mass is 10.1. The summed E-state index contributed by atoms with van der Waals surface area (Å²) in [5, 5.41) is 13.6. The lowest BCUT2D eigenvalue weighted by Gasteiger charge is -2.40. The molecule has 0 unspecified atom stereocenters. The molecule has 0 bridgehead atoms.